The van der Waals surface area contributed by atoms with Crippen LogP contribution in [0.3, 0.4) is 0 Å². The van der Waals surface area contributed by atoms with Crippen molar-refractivity contribution in [1.82, 2.24) is 0 Å². The van der Waals surface area contributed by atoms with E-state index in [1.54, 1.807) is 0 Å². The predicted molar refractivity (Wildman–Crippen MR) is 57.9 cm³/mol. The van der Waals surface area contributed by atoms with Crippen molar-refractivity contribution >= 4 is 0 Å². The molecule has 0 atom stereocenters. The molecule has 0 nitrogen and oxygen atoms in total. The van der Waals surface area contributed by atoms with Gasteiger partial charge in [0.15, 0.2) is 0 Å². The van der Waals surface area contributed by atoms with Gasteiger partial charge >= 0.3 is 0 Å². The summed E-state index contributed by atoms with van der Waals surface area (Å²) in [5.41, 5.74) is 2.85. The first-order valence-corrected chi connectivity index (χ1v) is 5.10. The standard InChI is InChI=1S/C13H19/c1-10(2)9-12-7-5-6-8-13(12)11(3)4/h5-6,8,10-11H,9H2,1-4H3. The summed E-state index contributed by atoms with van der Waals surface area (Å²) < 4.78 is 0. The highest BCUT2D eigenvalue weighted by Crippen LogP contribution is 2.20. The molecule has 0 fully saturated rings. The molecule has 0 aliphatic rings. The molecule has 0 aliphatic carbocycles. The smallest absolute Gasteiger partial charge is 0.0146 e. The fourth-order valence-electron chi connectivity index (χ4n) is 1.61. The molecule has 0 N–H and O–H groups in total. The van der Waals surface area contributed by atoms with Crippen molar-refractivity contribution < 1.29 is 0 Å². The van der Waals surface area contributed by atoms with Gasteiger partial charge in [-0.05, 0) is 35.4 Å². The lowest BCUT2D eigenvalue weighted by Crippen LogP contribution is -2.00. The Morgan fingerprint density at radius 1 is 1.23 bits per heavy atom. The van der Waals surface area contributed by atoms with E-state index in [4.69, 9.17) is 0 Å². The molecule has 0 bridgehead atoms. The lowest BCUT2D eigenvalue weighted by molar-refractivity contribution is 0.638. The van der Waals surface area contributed by atoms with Gasteiger partial charge in [-0.3, -0.25) is 0 Å². The van der Waals surface area contributed by atoms with Gasteiger partial charge in [-0.1, -0.05) is 45.9 Å². The highest BCUT2D eigenvalue weighted by molar-refractivity contribution is 5.28. The maximum absolute atomic E-state index is 3.35. The Morgan fingerprint density at radius 2 is 1.92 bits per heavy atom. The molecule has 0 aliphatic heterocycles. The lowest BCUT2D eigenvalue weighted by Gasteiger charge is -2.13. The van der Waals surface area contributed by atoms with Crippen LogP contribution in [0.15, 0.2) is 18.2 Å². The summed E-state index contributed by atoms with van der Waals surface area (Å²) in [7, 11) is 0. The Hall–Kier alpha value is -0.780. The van der Waals surface area contributed by atoms with Crippen molar-refractivity contribution in [3.63, 3.8) is 0 Å². The van der Waals surface area contributed by atoms with Crippen LogP contribution in [0, 0.1) is 12.0 Å². The van der Waals surface area contributed by atoms with Gasteiger partial charge in [0.25, 0.3) is 0 Å². The van der Waals surface area contributed by atoms with Crippen LogP contribution in [0.1, 0.15) is 44.7 Å². The van der Waals surface area contributed by atoms with Crippen LogP contribution in [0.25, 0.3) is 0 Å². The minimum atomic E-state index is 0.617. The van der Waals surface area contributed by atoms with Crippen LogP contribution in [0.5, 0.6) is 0 Å². The van der Waals surface area contributed by atoms with Gasteiger partial charge in [0, 0.05) is 0 Å². The molecular weight excluding hydrogens is 156 g/mol. The van der Waals surface area contributed by atoms with Crippen LogP contribution >= 0.6 is 0 Å². The first kappa shape index (κ1) is 10.3. The van der Waals surface area contributed by atoms with Crippen molar-refractivity contribution in [1.29, 1.82) is 0 Å². The zero-order valence-corrected chi connectivity index (χ0v) is 9.09. The summed E-state index contributed by atoms with van der Waals surface area (Å²) in [5.74, 6) is 1.34. The molecule has 0 aromatic heterocycles. The minimum absolute atomic E-state index is 0.617. The summed E-state index contributed by atoms with van der Waals surface area (Å²) in [4.78, 5) is 0. The van der Waals surface area contributed by atoms with Gasteiger partial charge in [0.2, 0.25) is 0 Å². The molecule has 0 saturated heterocycles. The number of benzene rings is 1. The monoisotopic (exact) mass is 175 g/mol. The number of hydrogen-bond acceptors (Lipinski definition) is 0. The topological polar surface area (TPSA) is 0 Å². The third-order valence-electron chi connectivity index (χ3n) is 2.21. The predicted octanol–water partition coefficient (Wildman–Crippen LogP) is 3.81. The third kappa shape index (κ3) is 2.87. The van der Waals surface area contributed by atoms with Gasteiger partial charge in [-0.15, -0.1) is 0 Å². The molecule has 0 saturated carbocycles. The van der Waals surface area contributed by atoms with Crippen molar-refractivity contribution in [3.05, 3.63) is 35.4 Å². The fraction of sp³-hybridized carbons (Fsp3) is 0.538. The van der Waals surface area contributed by atoms with E-state index >= 15 is 0 Å². The van der Waals surface area contributed by atoms with Gasteiger partial charge in [-0.25, -0.2) is 0 Å². The largest absolute Gasteiger partial charge is 0.0625 e. The van der Waals surface area contributed by atoms with Gasteiger partial charge in [0.05, 0.1) is 0 Å². The molecule has 1 rings (SSSR count). The average Bonchev–Trinajstić information content (AvgIpc) is 2.03. The molecule has 0 unspecified atom stereocenters. The van der Waals surface area contributed by atoms with Crippen LogP contribution in [0.4, 0.5) is 0 Å². The molecule has 1 aromatic rings. The Labute approximate surface area is 82.0 Å². The normalized spacial score (nSPS) is 11.2. The van der Waals surface area contributed by atoms with E-state index in [0.717, 1.165) is 12.3 Å². The van der Waals surface area contributed by atoms with Gasteiger partial charge in [0.1, 0.15) is 0 Å². The zero-order valence-electron chi connectivity index (χ0n) is 9.09. The highest BCUT2D eigenvalue weighted by Gasteiger charge is 2.06. The summed E-state index contributed by atoms with van der Waals surface area (Å²) in [5, 5.41) is 0. The molecule has 0 spiro atoms. The van der Waals surface area contributed by atoms with E-state index in [9.17, 15) is 0 Å². The summed E-state index contributed by atoms with van der Waals surface area (Å²) in [6.45, 7) is 9.00. The maximum atomic E-state index is 3.35. The average molecular weight is 175 g/mol. The Morgan fingerprint density at radius 3 is 2.46 bits per heavy atom. The quantitative estimate of drug-likeness (QED) is 0.655. The SMILES string of the molecule is CC(C)Cc1[c]cccc1C(C)C. The summed E-state index contributed by atoms with van der Waals surface area (Å²) in [6.07, 6.45) is 1.15. The van der Waals surface area contributed by atoms with Crippen molar-refractivity contribution in [2.24, 2.45) is 5.92 Å². The molecule has 71 valence electrons. The summed E-state index contributed by atoms with van der Waals surface area (Å²) in [6, 6.07) is 9.67. The van der Waals surface area contributed by atoms with E-state index in [1.807, 2.05) is 6.07 Å². The second-order valence-corrected chi connectivity index (χ2v) is 4.36. The molecule has 1 radical (unpaired) electrons. The van der Waals surface area contributed by atoms with E-state index in [-0.39, 0.29) is 0 Å². The third-order valence-corrected chi connectivity index (χ3v) is 2.21. The van der Waals surface area contributed by atoms with Crippen molar-refractivity contribution in [2.45, 2.75) is 40.0 Å². The Bertz CT molecular complexity index is 258. The molecule has 0 heteroatoms. The molecular formula is C13H19. The van der Waals surface area contributed by atoms with E-state index in [2.05, 4.69) is 45.9 Å². The Balaban J connectivity index is 2.91. The van der Waals surface area contributed by atoms with Gasteiger partial charge < -0.3 is 0 Å². The van der Waals surface area contributed by atoms with Crippen molar-refractivity contribution in [2.75, 3.05) is 0 Å². The molecule has 1 aromatic carbocycles. The number of rotatable bonds is 3. The lowest BCUT2D eigenvalue weighted by atomic mass is 9.92. The molecule has 0 amide bonds. The zero-order chi connectivity index (χ0) is 9.84. The Kier molecular flexibility index (Phi) is 3.53. The van der Waals surface area contributed by atoms with Crippen LogP contribution in [0.2, 0.25) is 0 Å². The first-order valence-electron chi connectivity index (χ1n) is 5.10. The first-order chi connectivity index (χ1) is 6.11. The van der Waals surface area contributed by atoms with E-state index in [1.165, 1.54) is 11.1 Å². The van der Waals surface area contributed by atoms with Crippen LogP contribution in [-0.4, -0.2) is 0 Å². The summed E-state index contributed by atoms with van der Waals surface area (Å²) >= 11 is 0. The highest BCUT2D eigenvalue weighted by atomic mass is 14.1. The van der Waals surface area contributed by atoms with Gasteiger partial charge in [-0.2, -0.15) is 0 Å². The molecule has 0 heterocycles. The number of hydrogen-bond donors (Lipinski definition) is 0. The van der Waals surface area contributed by atoms with Crippen LogP contribution < -0.4 is 0 Å². The minimum Gasteiger partial charge on any atom is -0.0625 e. The van der Waals surface area contributed by atoms with E-state index < -0.39 is 0 Å². The second-order valence-electron chi connectivity index (χ2n) is 4.36. The van der Waals surface area contributed by atoms with Crippen LogP contribution in [-0.2, 0) is 6.42 Å². The van der Waals surface area contributed by atoms with Crippen molar-refractivity contribution in [3.8, 4) is 0 Å². The molecule has 13 heavy (non-hydrogen) atoms. The second kappa shape index (κ2) is 4.45. The maximum Gasteiger partial charge on any atom is -0.0146 e. The van der Waals surface area contributed by atoms with E-state index in [0.29, 0.717) is 5.92 Å². The fourth-order valence-corrected chi connectivity index (χ4v) is 1.61.